The molecule has 2 aromatic rings. The molecule has 1 heterocycles. The number of aryl methyl sites for hydroxylation is 1. The number of aromatic hydroxyl groups is 1. The summed E-state index contributed by atoms with van der Waals surface area (Å²) in [4.78, 5) is 16.9. The maximum Gasteiger partial charge on any atom is 0.261 e. The molecule has 0 amide bonds. The SMILES string of the molecule is CCNCc1nc2c(O)c(Cl)cc(CC)c2c(=O)n1C. The first kappa shape index (κ1) is 14.8. The third-order valence-electron chi connectivity index (χ3n) is 3.37. The van der Waals surface area contributed by atoms with Crippen LogP contribution in [0.4, 0.5) is 0 Å². The smallest absolute Gasteiger partial charge is 0.261 e. The van der Waals surface area contributed by atoms with Crippen LogP contribution in [0.25, 0.3) is 10.9 Å². The summed E-state index contributed by atoms with van der Waals surface area (Å²) in [6.07, 6.45) is 0.653. The number of nitrogens with zero attached hydrogens (tertiary/aromatic N) is 2. The number of halogens is 1. The van der Waals surface area contributed by atoms with Crippen LogP contribution in [0.1, 0.15) is 25.2 Å². The lowest BCUT2D eigenvalue weighted by molar-refractivity contribution is 0.479. The number of hydrogen-bond donors (Lipinski definition) is 2. The Hall–Kier alpha value is -1.59. The number of fused-ring (bicyclic) bond motifs is 1. The molecule has 0 fully saturated rings. The summed E-state index contributed by atoms with van der Waals surface area (Å²) in [6, 6.07) is 1.63. The molecule has 0 atom stereocenters. The fourth-order valence-electron chi connectivity index (χ4n) is 2.19. The van der Waals surface area contributed by atoms with Gasteiger partial charge < -0.3 is 10.4 Å². The minimum atomic E-state index is -0.160. The van der Waals surface area contributed by atoms with E-state index in [4.69, 9.17) is 11.6 Å². The van der Waals surface area contributed by atoms with Crippen LogP contribution in [0.3, 0.4) is 0 Å². The maximum atomic E-state index is 12.5. The van der Waals surface area contributed by atoms with Gasteiger partial charge in [0.2, 0.25) is 0 Å². The van der Waals surface area contributed by atoms with Crippen molar-refractivity contribution in [1.82, 2.24) is 14.9 Å². The highest BCUT2D eigenvalue weighted by molar-refractivity contribution is 6.33. The van der Waals surface area contributed by atoms with Crippen LogP contribution in [0.5, 0.6) is 5.75 Å². The van der Waals surface area contributed by atoms with Crippen molar-refractivity contribution >= 4 is 22.5 Å². The van der Waals surface area contributed by atoms with E-state index in [9.17, 15) is 9.90 Å². The van der Waals surface area contributed by atoms with Crippen molar-refractivity contribution in [1.29, 1.82) is 0 Å². The van der Waals surface area contributed by atoms with Crippen LogP contribution in [0, 0.1) is 0 Å². The van der Waals surface area contributed by atoms with Gasteiger partial charge in [0.15, 0.2) is 5.75 Å². The molecule has 20 heavy (non-hydrogen) atoms. The Morgan fingerprint density at radius 2 is 2.15 bits per heavy atom. The summed E-state index contributed by atoms with van der Waals surface area (Å²) in [5.41, 5.74) is 0.919. The molecule has 108 valence electrons. The van der Waals surface area contributed by atoms with Gasteiger partial charge in [-0.25, -0.2) is 4.98 Å². The van der Waals surface area contributed by atoms with E-state index in [0.29, 0.717) is 24.2 Å². The van der Waals surface area contributed by atoms with E-state index in [1.54, 1.807) is 13.1 Å². The summed E-state index contributed by atoms with van der Waals surface area (Å²) in [6.45, 7) is 5.15. The fraction of sp³-hybridized carbons (Fsp3) is 0.429. The average molecular weight is 296 g/mol. The zero-order valence-corrected chi connectivity index (χ0v) is 12.6. The van der Waals surface area contributed by atoms with Crippen LogP contribution >= 0.6 is 11.6 Å². The highest BCUT2D eigenvalue weighted by Gasteiger charge is 2.16. The van der Waals surface area contributed by atoms with Crippen molar-refractivity contribution in [2.45, 2.75) is 26.8 Å². The molecule has 0 aliphatic carbocycles. The van der Waals surface area contributed by atoms with Crippen LogP contribution in [-0.4, -0.2) is 21.2 Å². The lowest BCUT2D eigenvalue weighted by Gasteiger charge is -2.13. The third kappa shape index (κ3) is 2.39. The Morgan fingerprint density at radius 1 is 1.45 bits per heavy atom. The van der Waals surface area contributed by atoms with E-state index >= 15 is 0 Å². The van der Waals surface area contributed by atoms with Crippen LogP contribution in [-0.2, 0) is 20.0 Å². The zero-order chi connectivity index (χ0) is 14.9. The minimum absolute atomic E-state index is 0.130. The second-order valence-electron chi connectivity index (χ2n) is 4.62. The van der Waals surface area contributed by atoms with Crippen molar-refractivity contribution in [2.24, 2.45) is 7.05 Å². The van der Waals surface area contributed by atoms with Gasteiger partial charge >= 0.3 is 0 Å². The Balaban J connectivity index is 2.82. The van der Waals surface area contributed by atoms with Crippen molar-refractivity contribution < 1.29 is 5.11 Å². The lowest BCUT2D eigenvalue weighted by atomic mass is 10.1. The number of phenols is 1. The quantitative estimate of drug-likeness (QED) is 0.905. The van der Waals surface area contributed by atoms with E-state index in [1.807, 2.05) is 13.8 Å². The molecule has 0 saturated carbocycles. The summed E-state index contributed by atoms with van der Waals surface area (Å²) >= 11 is 6.01. The van der Waals surface area contributed by atoms with E-state index in [2.05, 4.69) is 10.3 Å². The van der Waals surface area contributed by atoms with Crippen LogP contribution < -0.4 is 10.9 Å². The Kier molecular flexibility index (Phi) is 4.30. The Morgan fingerprint density at radius 3 is 2.75 bits per heavy atom. The number of phenolic OH excluding ortho intramolecular Hbond substituents is 1. The minimum Gasteiger partial charge on any atom is -0.504 e. The second kappa shape index (κ2) is 5.81. The van der Waals surface area contributed by atoms with Gasteiger partial charge in [-0.1, -0.05) is 25.4 Å². The van der Waals surface area contributed by atoms with Gasteiger partial charge in [-0.15, -0.1) is 0 Å². The molecule has 2 N–H and O–H groups in total. The predicted molar refractivity (Wildman–Crippen MR) is 80.4 cm³/mol. The van der Waals surface area contributed by atoms with Crippen molar-refractivity contribution in [2.75, 3.05) is 6.54 Å². The molecule has 1 aromatic heterocycles. The standard InChI is InChI=1S/C14H18ClN3O2/c1-4-8-6-9(15)13(19)12-11(8)14(20)18(3)10(17-12)7-16-5-2/h6,16,19H,4-5,7H2,1-3H3. The monoisotopic (exact) mass is 295 g/mol. The molecule has 0 aliphatic rings. The molecule has 0 spiro atoms. The lowest BCUT2D eigenvalue weighted by Crippen LogP contribution is -2.27. The largest absolute Gasteiger partial charge is 0.504 e. The molecule has 0 radical (unpaired) electrons. The second-order valence-corrected chi connectivity index (χ2v) is 5.02. The normalized spacial score (nSPS) is 11.2. The average Bonchev–Trinajstić information content (AvgIpc) is 2.44. The molecular weight excluding hydrogens is 278 g/mol. The maximum absolute atomic E-state index is 12.5. The molecular formula is C14H18ClN3O2. The van der Waals surface area contributed by atoms with Crippen LogP contribution in [0.15, 0.2) is 10.9 Å². The van der Waals surface area contributed by atoms with E-state index in [-0.39, 0.29) is 21.8 Å². The van der Waals surface area contributed by atoms with Gasteiger partial charge in [0, 0.05) is 7.05 Å². The predicted octanol–water partition coefficient (Wildman–Crippen LogP) is 1.96. The van der Waals surface area contributed by atoms with Crippen molar-refractivity contribution in [3.8, 4) is 5.75 Å². The van der Waals surface area contributed by atoms with Crippen LogP contribution in [0.2, 0.25) is 5.02 Å². The van der Waals surface area contributed by atoms with Crippen molar-refractivity contribution in [3.63, 3.8) is 0 Å². The van der Waals surface area contributed by atoms with Crippen molar-refractivity contribution in [3.05, 3.63) is 32.8 Å². The molecule has 5 nitrogen and oxygen atoms in total. The molecule has 0 saturated heterocycles. The zero-order valence-electron chi connectivity index (χ0n) is 11.8. The summed E-state index contributed by atoms with van der Waals surface area (Å²) in [7, 11) is 1.69. The molecule has 0 aliphatic heterocycles. The molecule has 0 bridgehead atoms. The summed E-state index contributed by atoms with van der Waals surface area (Å²) in [5.74, 6) is 0.443. The highest BCUT2D eigenvalue weighted by atomic mass is 35.5. The number of aromatic nitrogens is 2. The van der Waals surface area contributed by atoms with Gasteiger partial charge in [0.1, 0.15) is 11.3 Å². The number of benzene rings is 1. The first-order chi connectivity index (χ1) is 9.51. The molecule has 6 heteroatoms. The highest BCUT2D eigenvalue weighted by Crippen LogP contribution is 2.32. The first-order valence-electron chi connectivity index (χ1n) is 6.61. The van der Waals surface area contributed by atoms with E-state index in [1.165, 1.54) is 4.57 Å². The van der Waals surface area contributed by atoms with Gasteiger partial charge in [0.25, 0.3) is 5.56 Å². The topological polar surface area (TPSA) is 67.2 Å². The fourth-order valence-corrected chi connectivity index (χ4v) is 2.41. The van der Waals surface area contributed by atoms with Gasteiger partial charge in [-0.3, -0.25) is 9.36 Å². The molecule has 1 aromatic carbocycles. The van der Waals surface area contributed by atoms with Gasteiger partial charge in [-0.2, -0.15) is 0 Å². The molecule has 0 unspecified atom stereocenters. The van der Waals surface area contributed by atoms with E-state index in [0.717, 1.165) is 12.1 Å². The van der Waals surface area contributed by atoms with Gasteiger partial charge in [0.05, 0.1) is 17.0 Å². The first-order valence-corrected chi connectivity index (χ1v) is 6.99. The van der Waals surface area contributed by atoms with E-state index < -0.39 is 0 Å². The third-order valence-corrected chi connectivity index (χ3v) is 3.66. The summed E-state index contributed by atoms with van der Waals surface area (Å²) in [5, 5.41) is 13.9. The van der Waals surface area contributed by atoms with Gasteiger partial charge in [-0.05, 0) is 24.6 Å². The Bertz CT molecular complexity index is 710. The number of nitrogens with one attached hydrogen (secondary N) is 1. The summed E-state index contributed by atoms with van der Waals surface area (Å²) < 4.78 is 1.51. The number of rotatable bonds is 4. The number of hydrogen-bond acceptors (Lipinski definition) is 4. The molecule has 2 rings (SSSR count). The Labute approximate surface area is 122 Å².